The van der Waals surface area contributed by atoms with Crippen molar-refractivity contribution in [2.75, 3.05) is 0 Å². The minimum atomic E-state index is -4.53. The first-order chi connectivity index (χ1) is 14.5. The molecule has 0 bridgehead atoms. The molecule has 2 aromatic heterocycles. The molecule has 8 heteroatoms. The Morgan fingerprint density at radius 3 is 2.58 bits per heavy atom. The van der Waals surface area contributed by atoms with Crippen LogP contribution < -0.4 is 4.72 Å². The van der Waals surface area contributed by atoms with Gasteiger partial charge >= 0.3 is 6.18 Å². The largest absolute Gasteiger partial charge is 0.433 e. The molecule has 1 aliphatic rings. The monoisotopic (exact) mass is 449 g/mol. The third-order valence-electron chi connectivity index (χ3n) is 5.23. The summed E-state index contributed by atoms with van der Waals surface area (Å²) in [6.07, 6.45) is 0.630. The van der Waals surface area contributed by atoms with Crippen LogP contribution in [0.5, 0.6) is 0 Å². The van der Waals surface area contributed by atoms with Gasteiger partial charge in [-0.1, -0.05) is 39.0 Å². The lowest BCUT2D eigenvalue weighted by Crippen LogP contribution is -2.19. The Hall–Kier alpha value is -2.19. The lowest BCUT2D eigenvalue weighted by atomic mass is 9.96. The number of hydrogen-bond donors (Lipinski definition) is 1. The van der Waals surface area contributed by atoms with E-state index in [-0.39, 0.29) is 16.2 Å². The molecule has 4 rings (SSSR count). The lowest BCUT2D eigenvalue weighted by Gasteiger charge is -2.20. The van der Waals surface area contributed by atoms with Gasteiger partial charge in [0.25, 0.3) is 0 Å². The molecule has 2 heterocycles. The number of aromatic nitrogens is 2. The summed E-state index contributed by atoms with van der Waals surface area (Å²) >= 11 is 0. The Morgan fingerprint density at radius 2 is 1.94 bits per heavy atom. The average Bonchev–Trinajstić information content (AvgIpc) is 3.49. The molecule has 1 aliphatic carbocycles. The van der Waals surface area contributed by atoms with Gasteiger partial charge in [-0.25, -0.2) is 8.93 Å². The summed E-state index contributed by atoms with van der Waals surface area (Å²) in [6, 6.07) is 8.33. The molecule has 0 spiro atoms. The van der Waals surface area contributed by atoms with Crippen LogP contribution in [-0.2, 0) is 30.3 Å². The van der Waals surface area contributed by atoms with E-state index in [4.69, 9.17) is 0 Å². The molecule has 166 valence electrons. The van der Waals surface area contributed by atoms with Crippen LogP contribution in [0.4, 0.5) is 13.2 Å². The van der Waals surface area contributed by atoms with Gasteiger partial charge < -0.3 is 4.57 Å². The van der Waals surface area contributed by atoms with E-state index in [1.807, 2.05) is 12.3 Å². The molecule has 31 heavy (non-hydrogen) atoms. The molecule has 1 atom stereocenters. The molecule has 0 amide bonds. The molecule has 3 aromatic rings. The highest BCUT2D eigenvalue weighted by atomic mass is 32.2. The van der Waals surface area contributed by atoms with E-state index in [2.05, 4.69) is 35.0 Å². The Labute approximate surface area is 182 Å². The second kappa shape index (κ2) is 8.06. The number of benzene rings is 1. The van der Waals surface area contributed by atoms with Crippen molar-refractivity contribution in [1.29, 1.82) is 0 Å². The highest BCUT2D eigenvalue weighted by molar-refractivity contribution is 7.83. The van der Waals surface area contributed by atoms with Gasteiger partial charge in [0.2, 0.25) is 0 Å². The predicted octanol–water partition coefficient (Wildman–Crippen LogP) is 5.68. The van der Waals surface area contributed by atoms with E-state index in [0.29, 0.717) is 18.7 Å². The summed E-state index contributed by atoms with van der Waals surface area (Å²) < 4.78 is 57.9. The van der Waals surface area contributed by atoms with Gasteiger partial charge in [0.05, 0.1) is 11.0 Å². The van der Waals surface area contributed by atoms with Crippen LogP contribution >= 0.6 is 0 Å². The lowest BCUT2D eigenvalue weighted by molar-refractivity contribution is -0.140. The smallest absolute Gasteiger partial charge is 0.347 e. The van der Waals surface area contributed by atoms with Crippen molar-refractivity contribution in [2.24, 2.45) is 5.41 Å². The van der Waals surface area contributed by atoms with Crippen molar-refractivity contribution in [3.05, 3.63) is 54.0 Å². The molecular formula is C23H26F3N3OS. The first-order valence-corrected chi connectivity index (χ1v) is 11.5. The third kappa shape index (κ3) is 5.01. The van der Waals surface area contributed by atoms with Gasteiger partial charge in [-0.05, 0) is 41.5 Å². The second-order valence-corrected chi connectivity index (χ2v) is 10.8. The van der Waals surface area contributed by atoms with Crippen LogP contribution in [0.1, 0.15) is 44.9 Å². The summed E-state index contributed by atoms with van der Waals surface area (Å²) in [7, 11) is -1.05. The van der Waals surface area contributed by atoms with Crippen LogP contribution in [0.25, 0.3) is 22.0 Å². The summed E-state index contributed by atoms with van der Waals surface area (Å²) in [5, 5.41) is 1.19. The van der Waals surface area contributed by atoms with Crippen LogP contribution in [0.3, 0.4) is 0 Å². The number of rotatable bonds is 6. The SMILES string of the molecule is CC(C)(C)Cn1cc(CNS(=O)C2CC2)c2ccc(-c3cccnc3C(F)(F)F)cc21. The minimum absolute atomic E-state index is 0.0189. The summed E-state index contributed by atoms with van der Waals surface area (Å²) in [6.45, 7) is 7.51. The van der Waals surface area contributed by atoms with Crippen molar-refractivity contribution >= 4 is 21.9 Å². The molecule has 4 nitrogen and oxygen atoms in total. The summed E-state index contributed by atoms with van der Waals surface area (Å²) in [5.74, 6) is 0. The average molecular weight is 450 g/mol. The molecule has 1 fully saturated rings. The van der Waals surface area contributed by atoms with Crippen LogP contribution in [0.2, 0.25) is 0 Å². The first-order valence-electron chi connectivity index (χ1n) is 10.3. The van der Waals surface area contributed by atoms with E-state index in [0.717, 1.165) is 35.5 Å². The maximum atomic E-state index is 13.5. The van der Waals surface area contributed by atoms with Gasteiger partial charge in [-0.3, -0.25) is 4.98 Å². The number of halogens is 3. The van der Waals surface area contributed by atoms with Gasteiger partial charge in [0.15, 0.2) is 5.69 Å². The fourth-order valence-corrected chi connectivity index (χ4v) is 4.83. The first kappa shape index (κ1) is 22.0. The van der Waals surface area contributed by atoms with Gasteiger partial charge in [-0.2, -0.15) is 13.2 Å². The van der Waals surface area contributed by atoms with E-state index in [1.165, 1.54) is 12.1 Å². The van der Waals surface area contributed by atoms with Crippen LogP contribution in [0.15, 0.2) is 42.7 Å². The zero-order valence-corrected chi connectivity index (χ0v) is 18.6. The fraction of sp³-hybridized carbons (Fsp3) is 0.435. The van der Waals surface area contributed by atoms with Crippen LogP contribution in [-0.4, -0.2) is 19.0 Å². The highest BCUT2D eigenvalue weighted by Crippen LogP contribution is 2.37. The van der Waals surface area contributed by atoms with Gasteiger partial charge in [0, 0.05) is 47.2 Å². The van der Waals surface area contributed by atoms with Crippen molar-refractivity contribution in [1.82, 2.24) is 14.3 Å². The molecular weight excluding hydrogens is 423 g/mol. The maximum absolute atomic E-state index is 13.5. The second-order valence-electron chi connectivity index (χ2n) is 9.29. The third-order valence-corrected chi connectivity index (χ3v) is 6.73. The zero-order chi connectivity index (χ0) is 22.4. The summed E-state index contributed by atoms with van der Waals surface area (Å²) in [4.78, 5) is 3.59. The van der Waals surface area contributed by atoms with E-state index < -0.39 is 22.9 Å². The Balaban J connectivity index is 1.77. The zero-order valence-electron chi connectivity index (χ0n) is 17.8. The van der Waals surface area contributed by atoms with E-state index >= 15 is 0 Å². The molecule has 1 unspecified atom stereocenters. The summed E-state index contributed by atoms with van der Waals surface area (Å²) in [5.41, 5.74) is 1.48. The highest BCUT2D eigenvalue weighted by Gasteiger charge is 2.35. The van der Waals surface area contributed by atoms with Crippen molar-refractivity contribution in [2.45, 2.75) is 58.1 Å². The van der Waals surface area contributed by atoms with Crippen molar-refractivity contribution < 1.29 is 17.4 Å². The predicted molar refractivity (Wildman–Crippen MR) is 118 cm³/mol. The quantitative estimate of drug-likeness (QED) is 0.526. The molecule has 0 radical (unpaired) electrons. The molecule has 1 saturated carbocycles. The minimum Gasteiger partial charge on any atom is -0.347 e. The topological polar surface area (TPSA) is 46.9 Å². The van der Waals surface area contributed by atoms with Crippen LogP contribution in [0, 0.1) is 5.41 Å². The number of fused-ring (bicyclic) bond motifs is 1. The Bertz CT molecular complexity index is 1130. The normalized spacial score (nSPS) is 16.1. The van der Waals surface area contributed by atoms with E-state index in [1.54, 1.807) is 12.1 Å². The number of nitrogens with one attached hydrogen (secondary N) is 1. The van der Waals surface area contributed by atoms with Gasteiger partial charge in [0.1, 0.15) is 0 Å². The number of pyridine rings is 1. The molecule has 1 N–H and O–H groups in total. The number of nitrogens with zero attached hydrogens (tertiary/aromatic N) is 2. The van der Waals surface area contributed by atoms with Crippen molar-refractivity contribution in [3.63, 3.8) is 0 Å². The Kier molecular flexibility index (Phi) is 5.72. The van der Waals surface area contributed by atoms with Gasteiger partial charge in [-0.15, -0.1) is 0 Å². The van der Waals surface area contributed by atoms with Crippen molar-refractivity contribution in [3.8, 4) is 11.1 Å². The molecule has 0 aliphatic heterocycles. The molecule has 0 saturated heterocycles. The van der Waals surface area contributed by atoms with E-state index in [9.17, 15) is 17.4 Å². The number of hydrogen-bond acceptors (Lipinski definition) is 2. The standard InChI is InChI=1S/C23H26F3N3OS/c1-22(2,3)14-29-13-16(12-28-31(30)17-7-8-17)18-9-6-15(11-20(18)29)19-5-4-10-27-21(19)23(24,25)26/h4-6,9-11,13,17,28H,7-8,12,14H2,1-3H3. The maximum Gasteiger partial charge on any atom is 0.433 e. The fourth-order valence-electron chi connectivity index (χ4n) is 3.73. The Morgan fingerprint density at radius 1 is 1.19 bits per heavy atom. The molecule has 1 aromatic carbocycles. The number of alkyl halides is 3.